The Morgan fingerprint density at radius 1 is 1.21 bits per heavy atom. The Balaban J connectivity index is 1.68. The number of para-hydroxylation sites is 2. The van der Waals surface area contributed by atoms with Crippen molar-refractivity contribution in [1.29, 1.82) is 0 Å². The Labute approximate surface area is 171 Å². The highest BCUT2D eigenvalue weighted by atomic mass is 32.2. The fraction of sp³-hybridized carbons (Fsp3) is 0.455. The Bertz CT molecular complexity index is 1190. The minimum absolute atomic E-state index is 0.0567. The van der Waals surface area contributed by atoms with Crippen LogP contribution >= 0.6 is 0 Å². The van der Waals surface area contributed by atoms with Crippen LogP contribution in [0.15, 0.2) is 30.3 Å². The first-order chi connectivity index (χ1) is 13.8. The zero-order chi connectivity index (χ0) is 20.8. The van der Waals surface area contributed by atoms with E-state index in [0.717, 1.165) is 40.4 Å². The second kappa shape index (κ2) is 7.44. The van der Waals surface area contributed by atoms with E-state index >= 15 is 0 Å². The van der Waals surface area contributed by atoms with Crippen molar-refractivity contribution in [2.45, 2.75) is 46.7 Å². The molecule has 154 valence electrons. The topological polar surface area (TPSA) is 74.0 Å². The van der Waals surface area contributed by atoms with Gasteiger partial charge in [0.1, 0.15) is 5.82 Å². The number of sulfone groups is 1. The van der Waals surface area contributed by atoms with Crippen LogP contribution in [0.4, 0.5) is 0 Å². The summed E-state index contributed by atoms with van der Waals surface area (Å²) in [4.78, 5) is 17.9. The molecule has 1 aliphatic heterocycles. The zero-order valence-corrected chi connectivity index (χ0v) is 18.0. The van der Waals surface area contributed by atoms with Gasteiger partial charge in [-0.25, -0.2) is 13.4 Å². The van der Waals surface area contributed by atoms with Crippen molar-refractivity contribution in [2.75, 3.05) is 11.5 Å². The summed E-state index contributed by atoms with van der Waals surface area (Å²) < 4.78 is 27.9. The summed E-state index contributed by atoms with van der Waals surface area (Å²) >= 11 is 0. The highest BCUT2D eigenvalue weighted by molar-refractivity contribution is 7.91. The Hall–Kier alpha value is -2.41. The molecule has 0 saturated carbocycles. The maximum atomic E-state index is 13.2. The Morgan fingerprint density at radius 3 is 2.62 bits per heavy atom. The van der Waals surface area contributed by atoms with Crippen LogP contribution in [0.25, 0.3) is 11.0 Å². The van der Waals surface area contributed by atoms with Crippen molar-refractivity contribution in [2.24, 2.45) is 5.92 Å². The van der Waals surface area contributed by atoms with Gasteiger partial charge in [-0.3, -0.25) is 4.79 Å². The van der Waals surface area contributed by atoms with Gasteiger partial charge in [-0.1, -0.05) is 12.1 Å². The van der Waals surface area contributed by atoms with Gasteiger partial charge in [0.25, 0.3) is 0 Å². The average Bonchev–Trinajstić information content (AvgIpc) is 3.29. The molecule has 0 aliphatic carbocycles. The quantitative estimate of drug-likeness (QED) is 0.581. The summed E-state index contributed by atoms with van der Waals surface area (Å²) in [6, 6.07) is 9.75. The molecule has 3 aromatic rings. The van der Waals surface area contributed by atoms with Crippen molar-refractivity contribution in [1.82, 2.24) is 14.1 Å². The van der Waals surface area contributed by atoms with Crippen LogP contribution < -0.4 is 0 Å². The number of ketones is 1. The maximum absolute atomic E-state index is 13.2. The molecule has 3 heterocycles. The number of fused-ring (bicyclic) bond motifs is 1. The van der Waals surface area contributed by atoms with Crippen LogP contribution in [-0.2, 0) is 29.3 Å². The molecule has 2 aromatic heterocycles. The van der Waals surface area contributed by atoms with Gasteiger partial charge in [0.15, 0.2) is 15.6 Å². The number of hydrogen-bond acceptors (Lipinski definition) is 4. The number of hydrogen-bond donors (Lipinski definition) is 0. The summed E-state index contributed by atoms with van der Waals surface area (Å²) in [5.41, 5.74) is 4.58. The molecule has 0 unspecified atom stereocenters. The molecule has 0 bridgehead atoms. The number of imidazole rings is 1. The van der Waals surface area contributed by atoms with E-state index in [9.17, 15) is 13.2 Å². The van der Waals surface area contributed by atoms with Gasteiger partial charge in [0.2, 0.25) is 0 Å². The Morgan fingerprint density at radius 2 is 1.97 bits per heavy atom. The molecule has 1 aliphatic rings. The molecule has 0 spiro atoms. The molecule has 4 rings (SSSR count). The third-order valence-electron chi connectivity index (χ3n) is 6.02. The molecular weight excluding hydrogens is 386 g/mol. The van der Waals surface area contributed by atoms with Crippen LogP contribution in [0.2, 0.25) is 0 Å². The van der Waals surface area contributed by atoms with Gasteiger partial charge in [-0.05, 0) is 51.3 Å². The van der Waals surface area contributed by atoms with E-state index in [-0.39, 0.29) is 29.8 Å². The number of aryl methyl sites for hydroxylation is 1. The predicted octanol–water partition coefficient (Wildman–Crippen LogP) is 3.33. The summed E-state index contributed by atoms with van der Waals surface area (Å²) in [7, 11) is -2.94. The van der Waals surface area contributed by atoms with Crippen LogP contribution in [0.3, 0.4) is 0 Å². The fourth-order valence-electron chi connectivity index (χ4n) is 4.55. The third kappa shape index (κ3) is 3.75. The molecule has 1 aromatic carbocycles. The Kier molecular flexibility index (Phi) is 5.11. The summed E-state index contributed by atoms with van der Waals surface area (Å²) in [6.45, 7) is 7.13. The molecule has 0 N–H and O–H groups in total. The summed E-state index contributed by atoms with van der Waals surface area (Å²) in [6.07, 6.45) is 1.24. The molecular formula is C22H27N3O3S. The first-order valence-electron chi connectivity index (χ1n) is 10.1. The van der Waals surface area contributed by atoms with E-state index in [1.807, 2.05) is 48.7 Å². The third-order valence-corrected chi connectivity index (χ3v) is 7.86. The monoisotopic (exact) mass is 413 g/mol. The highest BCUT2D eigenvalue weighted by Crippen LogP contribution is 2.26. The molecule has 29 heavy (non-hydrogen) atoms. The smallest absolute Gasteiger partial charge is 0.184 e. The van der Waals surface area contributed by atoms with Crippen molar-refractivity contribution in [3.63, 3.8) is 0 Å². The van der Waals surface area contributed by atoms with Gasteiger partial charge >= 0.3 is 0 Å². The molecule has 0 radical (unpaired) electrons. The highest BCUT2D eigenvalue weighted by Gasteiger charge is 2.29. The number of aromatic nitrogens is 3. The molecule has 1 fully saturated rings. The van der Waals surface area contributed by atoms with Crippen LogP contribution in [0, 0.1) is 19.8 Å². The van der Waals surface area contributed by atoms with Crippen molar-refractivity contribution >= 4 is 26.7 Å². The van der Waals surface area contributed by atoms with Gasteiger partial charge in [-0.15, -0.1) is 0 Å². The second-order valence-corrected chi connectivity index (χ2v) is 10.3. The molecule has 0 amide bonds. The normalized spacial score (nSPS) is 18.5. The SMILES string of the molecule is CCn1c(C)cc(C(=O)Cn2c(C[C@H]3CCS(=O)(=O)C3)nc3ccccc32)c1C. The number of carbonyl (C=O) groups is 1. The fourth-order valence-corrected chi connectivity index (χ4v) is 6.41. The number of carbonyl (C=O) groups excluding carboxylic acids is 1. The minimum atomic E-state index is -2.94. The standard InChI is InChI=1S/C22H27N3O3S/c1-4-24-15(2)11-18(16(24)3)21(26)13-25-20-8-6-5-7-19(20)23-22(25)12-17-9-10-29(27,28)14-17/h5-8,11,17H,4,9-10,12-14H2,1-3H3/t17-/m1/s1. The van der Waals surface area contributed by atoms with E-state index in [1.54, 1.807) is 0 Å². The lowest BCUT2D eigenvalue weighted by atomic mass is 10.0. The van der Waals surface area contributed by atoms with E-state index in [1.165, 1.54) is 0 Å². The largest absolute Gasteiger partial charge is 0.349 e. The van der Waals surface area contributed by atoms with E-state index in [4.69, 9.17) is 4.98 Å². The van der Waals surface area contributed by atoms with Crippen molar-refractivity contribution in [3.05, 3.63) is 53.1 Å². The van der Waals surface area contributed by atoms with E-state index in [0.29, 0.717) is 12.8 Å². The predicted molar refractivity (Wildman–Crippen MR) is 114 cm³/mol. The first-order valence-corrected chi connectivity index (χ1v) is 12.0. The van der Waals surface area contributed by atoms with Gasteiger partial charge < -0.3 is 9.13 Å². The number of nitrogens with zero attached hydrogens (tertiary/aromatic N) is 3. The molecule has 7 heteroatoms. The summed E-state index contributed by atoms with van der Waals surface area (Å²) in [5.74, 6) is 1.38. The number of Topliss-reactive ketones (excluding diaryl/α,β-unsaturated/α-hetero) is 1. The zero-order valence-electron chi connectivity index (χ0n) is 17.2. The van der Waals surface area contributed by atoms with Crippen LogP contribution in [0.5, 0.6) is 0 Å². The number of benzene rings is 1. The van der Waals surface area contributed by atoms with Gasteiger partial charge in [0.05, 0.1) is 29.1 Å². The first kappa shape index (κ1) is 19.9. The minimum Gasteiger partial charge on any atom is -0.349 e. The van der Waals surface area contributed by atoms with E-state index in [2.05, 4.69) is 11.5 Å². The molecule has 1 saturated heterocycles. The van der Waals surface area contributed by atoms with Gasteiger partial charge in [-0.2, -0.15) is 0 Å². The van der Waals surface area contributed by atoms with Crippen molar-refractivity contribution < 1.29 is 13.2 Å². The maximum Gasteiger partial charge on any atom is 0.184 e. The van der Waals surface area contributed by atoms with Gasteiger partial charge in [0, 0.05) is 29.9 Å². The van der Waals surface area contributed by atoms with Crippen molar-refractivity contribution in [3.8, 4) is 0 Å². The lowest BCUT2D eigenvalue weighted by molar-refractivity contribution is 0.0971. The second-order valence-electron chi connectivity index (χ2n) is 8.03. The lowest BCUT2D eigenvalue weighted by Crippen LogP contribution is -2.17. The summed E-state index contributed by atoms with van der Waals surface area (Å²) in [5, 5.41) is 0. The average molecular weight is 414 g/mol. The van der Waals surface area contributed by atoms with Crippen LogP contribution in [-0.4, -0.2) is 39.8 Å². The number of rotatable bonds is 6. The lowest BCUT2D eigenvalue weighted by Gasteiger charge is -2.12. The molecule has 6 nitrogen and oxygen atoms in total. The molecule has 1 atom stereocenters. The van der Waals surface area contributed by atoms with E-state index < -0.39 is 9.84 Å². The van der Waals surface area contributed by atoms with Crippen LogP contribution in [0.1, 0.15) is 40.9 Å².